The number of carbonyl (C=O) groups excluding carboxylic acids is 2. The molecule has 2 amide bonds. The molecule has 6 nitrogen and oxygen atoms in total. The van der Waals surface area contributed by atoms with Crippen LogP contribution in [-0.4, -0.2) is 24.5 Å². The van der Waals surface area contributed by atoms with Crippen LogP contribution in [-0.2, 0) is 9.59 Å². The monoisotopic (exact) mass is 512 g/mol. The lowest BCUT2D eigenvalue weighted by Crippen LogP contribution is -2.49. The number of nitrogens with one attached hydrogen (secondary N) is 2. The van der Waals surface area contributed by atoms with E-state index in [4.69, 9.17) is 9.47 Å². The first kappa shape index (κ1) is 24.6. The van der Waals surface area contributed by atoms with Crippen LogP contribution in [0.4, 0.5) is 0 Å². The largest absolute Gasteiger partial charge is 0.483 e. The SMILES string of the molecule is CCC(Oc1ccccc1C(C)CC)C(=O)NNC(=O)COc1ccc2ccccc2c1Br. The minimum absolute atomic E-state index is 0.244. The van der Waals surface area contributed by atoms with E-state index in [1.54, 1.807) is 6.07 Å². The van der Waals surface area contributed by atoms with E-state index in [1.807, 2.05) is 61.5 Å². The van der Waals surface area contributed by atoms with Crippen molar-refractivity contribution < 1.29 is 19.1 Å². The number of hydrazine groups is 1. The van der Waals surface area contributed by atoms with Crippen LogP contribution in [0.2, 0.25) is 0 Å². The normalized spacial score (nSPS) is 12.6. The highest BCUT2D eigenvalue weighted by Gasteiger charge is 2.21. The van der Waals surface area contributed by atoms with Crippen LogP contribution in [0.5, 0.6) is 11.5 Å². The van der Waals surface area contributed by atoms with Gasteiger partial charge < -0.3 is 9.47 Å². The molecule has 0 saturated heterocycles. The zero-order valence-corrected chi connectivity index (χ0v) is 20.6. The average Bonchev–Trinajstić information content (AvgIpc) is 2.85. The van der Waals surface area contributed by atoms with E-state index in [0.29, 0.717) is 23.8 Å². The third-order valence-corrected chi connectivity index (χ3v) is 6.32. The van der Waals surface area contributed by atoms with Gasteiger partial charge in [-0.15, -0.1) is 0 Å². The van der Waals surface area contributed by atoms with Gasteiger partial charge in [-0.1, -0.05) is 69.3 Å². The van der Waals surface area contributed by atoms with Crippen LogP contribution in [0.1, 0.15) is 45.1 Å². The maximum Gasteiger partial charge on any atom is 0.279 e. The molecule has 0 aliphatic carbocycles. The van der Waals surface area contributed by atoms with Crippen LogP contribution in [0.25, 0.3) is 10.8 Å². The molecule has 0 radical (unpaired) electrons. The molecule has 33 heavy (non-hydrogen) atoms. The second-order valence-corrected chi connectivity index (χ2v) is 8.58. The molecule has 0 heterocycles. The van der Waals surface area contributed by atoms with Crippen molar-refractivity contribution in [2.24, 2.45) is 0 Å². The molecule has 0 saturated carbocycles. The number of hydrogen-bond acceptors (Lipinski definition) is 4. The summed E-state index contributed by atoms with van der Waals surface area (Å²) in [5.74, 6) is 0.652. The molecule has 0 bridgehead atoms. The van der Waals surface area contributed by atoms with E-state index in [1.165, 1.54) is 0 Å². The summed E-state index contributed by atoms with van der Waals surface area (Å²) in [6.45, 7) is 5.85. The smallest absolute Gasteiger partial charge is 0.279 e. The lowest BCUT2D eigenvalue weighted by atomic mass is 9.98. The summed E-state index contributed by atoms with van der Waals surface area (Å²) in [7, 11) is 0. The molecule has 0 aromatic heterocycles. The van der Waals surface area contributed by atoms with Gasteiger partial charge in [-0.3, -0.25) is 20.4 Å². The summed E-state index contributed by atoms with van der Waals surface area (Å²) in [6.07, 6.45) is 0.690. The summed E-state index contributed by atoms with van der Waals surface area (Å²) in [6, 6.07) is 19.3. The van der Waals surface area contributed by atoms with Crippen molar-refractivity contribution in [3.8, 4) is 11.5 Å². The molecule has 0 aliphatic heterocycles. The van der Waals surface area contributed by atoms with Crippen LogP contribution >= 0.6 is 15.9 Å². The van der Waals surface area contributed by atoms with Crippen molar-refractivity contribution in [1.82, 2.24) is 10.9 Å². The van der Waals surface area contributed by atoms with Crippen LogP contribution in [0, 0.1) is 0 Å². The Morgan fingerprint density at radius 2 is 1.64 bits per heavy atom. The van der Waals surface area contributed by atoms with Gasteiger partial charge in [0, 0.05) is 0 Å². The Bertz CT molecular complexity index is 1120. The van der Waals surface area contributed by atoms with Gasteiger partial charge in [-0.2, -0.15) is 0 Å². The minimum Gasteiger partial charge on any atom is -0.483 e. The van der Waals surface area contributed by atoms with Crippen LogP contribution in [0.3, 0.4) is 0 Å². The quantitative estimate of drug-likeness (QED) is 0.371. The van der Waals surface area contributed by atoms with Crippen molar-refractivity contribution in [1.29, 1.82) is 0 Å². The van der Waals surface area contributed by atoms with E-state index in [0.717, 1.165) is 27.2 Å². The topological polar surface area (TPSA) is 76.7 Å². The maximum absolute atomic E-state index is 12.6. The van der Waals surface area contributed by atoms with Gasteiger partial charge in [0.1, 0.15) is 11.5 Å². The fourth-order valence-corrected chi connectivity index (χ4v) is 4.01. The number of halogens is 1. The molecule has 3 aromatic carbocycles. The molecule has 0 fully saturated rings. The molecule has 3 aromatic rings. The molecular weight excluding hydrogens is 484 g/mol. The van der Waals surface area contributed by atoms with E-state index in [9.17, 15) is 9.59 Å². The molecule has 2 atom stereocenters. The Morgan fingerprint density at radius 1 is 0.909 bits per heavy atom. The van der Waals surface area contributed by atoms with Gasteiger partial charge in [0.2, 0.25) is 0 Å². The van der Waals surface area contributed by atoms with Crippen molar-refractivity contribution in [2.75, 3.05) is 6.61 Å². The second kappa shape index (κ2) is 11.7. The highest BCUT2D eigenvalue weighted by molar-refractivity contribution is 9.10. The molecule has 2 unspecified atom stereocenters. The van der Waals surface area contributed by atoms with Crippen molar-refractivity contribution >= 4 is 38.5 Å². The molecule has 3 rings (SSSR count). The minimum atomic E-state index is -0.731. The molecule has 0 spiro atoms. The Labute approximate surface area is 202 Å². The van der Waals surface area contributed by atoms with Gasteiger partial charge >= 0.3 is 0 Å². The van der Waals surface area contributed by atoms with E-state index in [-0.39, 0.29) is 6.61 Å². The number of carbonyl (C=O) groups is 2. The van der Waals surface area contributed by atoms with E-state index >= 15 is 0 Å². The third-order valence-electron chi connectivity index (χ3n) is 5.51. The predicted molar refractivity (Wildman–Crippen MR) is 133 cm³/mol. The Morgan fingerprint density at radius 3 is 2.39 bits per heavy atom. The van der Waals surface area contributed by atoms with Gasteiger partial charge in [-0.25, -0.2) is 0 Å². The van der Waals surface area contributed by atoms with E-state index < -0.39 is 17.9 Å². The van der Waals surface area contributed by atoms with Gasteiger partial charge in [-0.05, 0) is 63.2 Å². The third kappa shape index (κ3) is 6.26. The van der Waals surface area contributed by atoms with Crippen LogP contribution in [0.15, 0.2) is 65.1 Å². The number of benzene rings is 3. The van der Waals surface area contributed by atoms with Gasteiger partial charge in [0.25, 0.3) is 11.8 Å². The summed E-state index contributed by atoms with van der Waals surface area (Å²) >= 11 is 3.53. The fourth-order valence-electron chi connectivity index (χ4n) is 3.41. The van der Waals surface area contributed by atoms with E-state index in [2.05, 4.69) is 40.6 Å². The molecule has 2 N–H and O–H groups in total. The zero-order valence-electron chi connectivity index (χ0n) is 19.1. The van der Waals surface area contributed by atoms with Crippen LogP contribution < -0.4 is 20.3 Å². The number of ether oxygens (including phenoxy) is 2. The number of hydrogen-bond donors (Lipinski definition) is 2. The number of rotatable bonds is 9. The average molecular weight is 513 g/mol. The Hall–Kier alpha value is -3.06. The first-order valence-corrected chi connectivity index (χ1v) is 11.9. The maximum atomic E-state index is 12.6. The van der Waals surface area contributed by atoms with Gasteiger partial charge in [0.05, 0.1) is 4.47 Å². The fraction of sp³-hybridized carbons (Fsp3) is 0.308. The summed E-state index contributed by atoms with van der Waals surface area (Å²) in [5.41, 5.74) is 5.90. The summed E-state index contributed by atoms with van der Waals surface area (Å²) < 4.78 is 12.4. The number of amides is 2. The predicted octanol–water partition coefficient (Wildman–Crippen LogP) is 5.50. The molecule has 7 heteroatoms. The molecule has 174 valence electrons. The van der Waals surface area contributed by atoms with Crippen molar-refractivity contribution in [2.45, 2.75) is 45.6 Å². The molecular formula is C26H29BrN2O4. The first-order chi connectivity index (χ1) is 15.9. The standard InChI is InChI=1S/C26H29BrN2O4/c1-4-17(3)19-11-8-9-13-22(19)33-21(5-2)26(31)29-28-24(30)16-32-23-15-14-18-10-6-7-12-20(18)25(23)27/h6-15,17,21H,4-5,16H2,1-3H3,(H,28,30)(H,29,31). The van der Waals surface area contributed by atoms with Gasteiger partial charge in [0.15, 0.2) is 12.7 Å². The first-order valence-electron chi connectivity index (χ1n) is 11.1. The lowest BCUT2D eigenvalue weighted by Gasteiger charge is -2.21. The number of fused-ring (bicyclic) bond motifs is 1. The van der Waals surface area contributed by atoms with Crippen molar-refractivity contribution in [3.63, 3.8) is 0 Å². The summed E-state index contributed by atoms with van der Waals surface area (Å²) in [5, 5.41) is 2.05. The summed E-state index contributed by atoms with van der Waals surface area (Å²) in [4.78, 5) is 24.8. The Kier molecular flexibility index (Phi) is 8.72. The second-order valence-electron chi connectivity index (χ2n) is 7.79. The highest BCUT2D eigenvalue weighted by Crippen LogP contribution is 2.33. The molecule has 0 aliphatic rings. The zero-order chi connectivity index (χ0) is 23.8. The van der Waals surface area contributed by atoms with Crippen molar-refractivity contribution in [3.05, 3.63) is 70.7 Å². The highest BCUT2D eigenvalue weighted by atomic mass is 79.9. The number of para-hydroxylation sites is 1. The Balaban J connectivity index is 1.54. The lowest BCUT2D eigenvalue weighted by molar-refractivity contribution is -0.134.